The minimum Gasteiger partial charge on any atom is -0.497 e. The summed E-state index contributed by atoms with van der Waals surface area (Å²) in [7, 11) is 3.10. The minimum absolute atomic E-state index is 0.0273. The number of anilines is 4. The Morgan fingerprint density at radius 1 is 1.08 bits per heavy atom. The van der Waals surface area contributed by atoms with Crippen LogP contribution in [0.2, 0.25) is 0 Å². The Bertz CT molecular complexity index is 1310. The largest absolute Gasteiger partial charge is 0.497 e. The van der Waals surface area contributed by atoms with Gasteiger partial charge in [0, 0.05) is 43.5 Å². The highest BCUT2D eigenvalue weighted by Gasteiger charge is 2.22. The van der Waals surface area contributed by atoms with Crippen molar-refractivity contribution >= 4 is 34.8 Å². The van der Waals surface area contributed by atoms with E-state index in [1.54, 1.807) is 25.3 Å². The molecule has 0 radical (unpaired) electrons. The molecule has 0 bridgehead atoms. The molecule has 1 saturated heterocycles. The van der Waals surface area contributed by atoms with E-state index >= 15 is 0 Å². The quantitative estimate of drug-likeness (QED) is 0.391. The molecule has 1 aliphatic rings. The summed E-state index contributed by atoms with van der Waals surface area (Å²) in [5.74, 6) is 0.373. The number of carbonyl (C=O) groups is 2. The molecule has 4 rings (SSSR count). The van der Waals surface area contributed by atoms with Crippen LogP contribution in [-0.2, 0) is 4.79 Å². The lowest BCUT2D eigenvalue weighted by Gasteiger charge is -2.25. The van der Waals surface area contributed by atoms with E-state index in [0.717, 1.165) is 25.1 Å². The van der Waals surface area contributed by atoms with Gasteiger partial charge in [-0.05, 0) is 44.0 Å². The van der Waals surface area contributed by atoms with Crippen LogP contribution in [0, 0.1) is 0 Å². The number of hydrogen-bond donors (Lipinski definition) is 3. The second-order valence-electron chi connectivity index (χ2n) is 8.62. The summed E-state index contributed by atoms with van der Waals surface area (Å²) in [5, 5.41) is 5.80. The molecule has 4 N–H and O–H groups in total. The number of rotatable bonds is 9. The van der Waals surface area contributed by atoms with Gasteiger partial charge in [0.2, 0.25) is 17.7 Å². The molecule has 0 saturated carbocycles. The van der Waals surface area contributed by atoms with Crippen LogP contribution in [0.25, 0.3) is 0 Å². The van der Waals surface area contributed by atoms with Gasteiger partial charge in [0.15, 0.2) is 5.75 Å². The zero-order valence-corrected chi connectivity index (χ0v) is 21.2. The number of nitrogens with two attached hydrogens (primary N) is 1. The highest BCUT2D eigenvalue weighted by Crippen LogP contribution is 2.36. The first-order valence-electron chi connectivity index (χ1n) is 11.8. The van der Waals surface area contributed by atoms with Gasteiger partial charge in [-0.25, -0.2) is 4.98 Å². The number of benzene rings is 2. The summed E-state index contributed by atoms with van der Waals surface area (Å²) in [6.45, 7) is 4.58. The molecular weight excluding hydrogens is 476 g/mol. The van der Waals surface area contributed by atoms with Crippen LogP contribution in [0.1, 0.15) is 37.0 Å². The predicted molar refractivity (Wildman–Crippen MR) is 140 cm³/mol. The minimum atomic E-state index is -0.766. The lowest BCUT2D eigenvalue weighted by molar-refractivity contribution is -0.114. The SMILES string of the molecule is COc1ccc(Oc2nc(Nc3ccc(N4CCC[C@@H]4C)cc3OC)ncc2C(N)=O)c(NC(C)=O)c1. The summed E-state index contributed by atoms with van der Waals surface area (Å²) in [4.78, 5) is 34.7. The smallest absolute Gasteiger partial charge is 0.255 e. The Morgan fingerprint density at radius 3 is 2.54 bits per heavy atom. The van der Waals surface area contributed by atoms with Crippen molar-refractivity contribution < 1.29 is 23.8 Å². The maximum absolute atomic E-state index is 12.1. The van der Waals surface area contributed by atoms with E-state index in [0.29, 0.717) is 28.9 Å². The zero-order chi connectivity index (χ0) is 26.5. The first kappa shape index (κ1) is 25.5. The lowest BCUT2D eigenvalue weighted by Crippen LogP contribution is -2.26. The van der Waals surface area contributed by atoms with E-state index in [1.165, 1.54) is 20.2 Å². The van der Waals surface area contributed by atoms with E-state index < -0.39 is 5.91 Å². The Labute approximate surface area is 214 Å². The molecule has 37 heavy (non-hydrogen) atoms. The lowest BCUT2D eigenvalue weighted by atomic mass is 10.2. The Hall–Kier alpha value is -4.54. The highest BCUT2D eigenvalue weighted by molar-refractivity contribution is 5.95. The van der Waals surface area contributed by atoms with Gasteiger partial charge in [0.1, 0.15) is 17.1 Å². The van der Waals surface area contributed by atoms with Gasteiger partial charge in [-0.2, -0.15) is 4.98 Å². The van der Waals surface area contributed by atoms with Gasteiger partial charge < -0.3 is 35.5 Å². The number of methoxy groups -OCH3 is 2. The Kier molecular flexibility index (Phi) is 7.61. The number of nitrogens with zero attached hydrogens (tertiary/aromatic N) is 3. The molecule has 0 spiro atoms. The van der Waals surface area contributed by atoms with Crippen LogP contribution in [-0.4, -0.2) is 48.6 Å². The first-order chi connectivity index (χ1) is 17.8. The van der Waals surface area contributed by atoms with Gasteiger partial charge in [0.25, 0.3) is 5.91 Å². The average Bonchev–Trinajstić information content (AvgIpc) is 3.30. The van der Waals surface area contributed by atoms with E-state index in [-0.39, 0.29) is 29.0 Å². The van der Waals surface area contributed by atoms with Gasteiger partial charge in [-0.1, -0.05) is 0 Å². The van der Waals surface area contributed by atoms with Gasteiger partial charge >= 0.3 is 0 Å². The van der Waals surface area contributed by atoms with Crippen LogP contribution in [0.5, 0.6) is 23.1 Å². The number of ether oxygens (including phenoxy) is 3. The van der Waals surface area contributed by atoms with Crippen LogP contribution >= 0.6 is 0 Å². The zero-order valence-electron chi connectivity index (χ0n) is 21.2. The van der Waals surface area contributed by atoms with Gasteiger partial charge in [-0.3, -0.25) is 9.59 Å². The topological polar surface area (TPSA) is 141 Å². The first-order valence-corrected chi connectivity index (χ1v) is 11.8. The standard InChI is InChI=1S/C26H30N6O5/c1-15-6-5-11-32(15)17-7-9-20(23(12-17)36-4)30-26-28-14-19(24(27)34)25(31-26)37-22-10-8-18(35-3)13-21(22)29-16(2)33/h7-10,12-15H,5-6,11H2,1-4H3,(H2,27,34)(H,29,33)(H,28,30,31)/t15-/m0/s1. The van der Waals surface area contributed by atoms with Crippen molar-refractivity contribution in [2.45, 2.75) is 32.7 Å². The third-order valence-corrected chi connectivity index (χ3v) is 6.04. The second kappa shape index (κ2) is 11.0. The molecule has 0 unspecified atom stereocenters. The molecule has 3 aromatic rings. The van der Waals surface area contributed by atoms with Crippen molar-refractivity contribution in [1.82, 2.24) is 9.97 Å². The number of carbonyl (C=O) groups excluding carboxylic acids is 2. The second-order valence-corrected chi connectivity index (χ2v) is 8.62. The number of nitrogens with one attached hydrogen (secondary N) is 2. The molecule has 2 heterocycles. The van der Waals surface area contributed by atoms with Crippen molar-refractivity contribution in [2.75, 3.05) is 36.3 Å². The van der Waals surface area contributed by atoms with Crippen LogP contribution in [0.3, 0.4) is 0 Å². The molecule has 194 valence electrons. The summed E-state index contributed by atoms with van der Waals surface area (Å²) < 4.78 is 16.8. The monoisotopic (exact) mass is 506 g/mol. The summed E-state index contributed by atoms with van der Waals surface area (Å²) >= 11 is 0. The number of hydrogen-bond acceptors (Lipinski definition) is 9. The molecular formula is C26H30N6O5. The molecule has 1 atom stereocenters. The number of aromatic nitrogens is 2. The molecule has 11 heteroatoms. The van der Waals surface area contributed by atoms with Crippen molar-refractivity contribution in [1.29, 1.82) is 0 Å². The van der Waals surface area contributed by atoms with E-state index in [1.807, 2.05) is 18.2 Å². The fraction of sp³-hybridized carbons (Fsp3) is 0.308. The third kappa shape index (κ3) is 5.83. The average molecular weight is 507 g/mol. The third-order valence-electron chi connectivity index (χ3n) is 6.04. The normalized spacial score (nSPS) is 14.7. The molecule has 1 fully saturated rings. The molecule has 2 aromatic carbocycles. The Morgan fingerprint density at radius 2 is 1.89 bits per heavy atom. The predicted octanol–water partition coefficient (Wildman–Crippen LogP) is 4.08. The van der Waals surface area contributed by atoms with Crippen molar-refractivity contribution in [3.63, 3.8) is 0 Å². The van der Waals surface area contributed by atoms with Crippen molar-refractivity contribution in [3.05, 3.63) is 48.2 Å². The van der Waals surface area contributed by atoms with E-state index in [9.17, 15) is 9.59 Å². The van der Waals surface area contributed by atoms with E-state index in [2.05, 4.69) is 32.4 Å². The summed E-state index contributed by atoms with van der Waals surface area (Å²) in [5.41, 5.74) is 7.56. The molecule has 0 aliphatic carbocycles. The van der Waals surface area contributed by atoms with Crippen LogP contribution in [0.15, 0.2) is 42.6 Å². The molecule has 1 aliphatic heterocycles. The highest BCUT2D eigenvalue weighted by atomic mass is 16.5. The van der Waals surface area contributed by atoms with Crippen LogP contribution in [0.4, 0.5) is 23.0 Å². The Balaban J connectivity index is 1.65. The summed E-state index contributed by atoms with van der Waals surface area (Å²) in [6.07, 6.45) is 3.59. The van der Waals surface area contributed by atoms with Gasteiger partial charge in [0.05, 0.1) is 25.6 Å². The number of primary amides is 1. The fourth-order valence-electron chi connectivity index (χ4n) is 4.19. The maximum Gasteiger partial charge on any atom is 0.255 e. The van der Waals surface area contributed by atoms with Crippen molar-refractivity contribution in [2.24, 2.45) is 5.73 Å². The fourth-order valence-corrected chi connectivity index (χ4v) is 4.19. The van der Waals surface area contributed by atoms with Gasteiger partial charge in [-0.15, -0.1) is 0 Å². The molecule has 1 aromatic heterocycles. The van der Waals surface area contributed by atoms with Crippen molar-refractivity contribution in [3.8, 4) is 23.1 Å². The molecule has 2 amide bonds. The summed E-state index contributed by atoms with van der Waals surface area (Å²) in [6, 6.07) is 11.2. The van der Waals surface area contributed by atoms with E-state index in [4.69, 9.17) is 19.9 Å². The van der Waals surface area contributed by atoms with Crippen LogP contribution < -0.4 is 35.5 Å². The molecule has 11 nitrogen and oxygen atoms in total. The maximum atomic E-state index is 12.1. The number of amides is 2.